The Bertz CT molecular complexity index is 932. The maximum absolute atomic E-state index is 13.3. The van der Waals surface area contributed by atoms with Crippen LogP contribution in [0.4, 0.5) is 4.39 Å². The van der Waals surface area contributed by atoms with Crippen molar-refractivity contribution in [2.75, 3.05) is 0 Å². The standard InChI is InChI=1S/C17H11BrFNO3/c18-12-5-10(6-13(19)8-12)9-20-16(21)14-7-11-3-1-2-4-15(11)23-17(14)22/h1-8H,9H2,(H,20,21). The number of hydrogen-bond acceptors (Lipinski definition) is 3. The summed E-state index contributed by atoms with van der Waals surface area (Å²) in [6.45, 7) is 0.0987. The van der Waals surface area contributed by atoms with Crippen molar-refractivity contribution in [2.24, 2.45) is 0 Å². The molecule has 0 aliphatic carbocycles. The lowest BCUT2D eigenvalue weighted by Crippen LogP contribution is -2.27. The van der Waals surface area contributed by atoms with Gasteiger partial charge in [-0.1, -0.05) is 34.1 Å². The second kappa shape index (κ2) is 6.34. The molecule has 3 aromatic rings. The lowest BCUT2D eigenvalue weighted by molar-refractivity contribution is 0.0947. The number of carbonyl (C=O) groups is 1. The number of halogens is 2. The molecule has 0 saturated heterocycles. The van der Waals surface area contributed by atoms with Crippen LogP contribution in [0.5, 0.6) is 0 Å². The number of benzene rings is 2. The van der Waals surface area contributed by atoms with Crippen molar-refractivity contribution in [1.29, 1.82) is 0 Å². The molecule has 0 bridgehead atoms. The minimum atomic E-state index is -0.707. The summed E-state index contributed by atoms with van der Waals surface area (Å²) in [5.74, 6) is -0.973. The van der Waals surface area contributed by atoms with Gasteiger partial charge in [0.05, 0.1) is 0 Å². The van der Waals surface area contributed by atoms with E-state index in [0.29, 0.717) is 21.0 Å². The van der Waals surface area contributed by atoms with Gasteiger partial charge in [-0.2, -0.15) is 0 Å². The number of para-hydroxylation sites is 1. The first kappa shape index (κ1) is 15.4. The van der Waals surface area contributed by atoms with Gasteiger partial charge in [0.25, 0.3) is 5.91 Å². The molecule has 0 spiro atoms. The fraction of sp³-hybridized carbons (Fsp3) is 0.0588. The summed E-state index contributed by atoms with van der Waals surface area (Å²) in [5.41, 5.74) is 0.208. The van der Waals surface area contributed by atoms with Crippen LogP contribution in [0.15, 0.2) is 62.2 Å². The average Bonchev–Trinajstić information content (AvgIpc) is 2.51. The Hall–Kier alpha value is -2.47. The van der Waals surface area contributed by atoms with Crippen LogP contribution >= 0.6 is 15.9 Å². The van der Waals surface area contributed by atoms with Crippen molar-refractivity contribution in [1.82, 2.24) is 5.32 Å². The predicted molar refractivity (Wildman–Crippen MR) is 87.8 cm³/mol. The molecule has 0 fully saturated rings. The van der Waals surface area contributed by atoms with Gasteiger partial charge in [-0.3, -0.25) is 4.79 Å². The van der Waals surface area contributed by atoms with Crippen molar-refractivity contribution in [3.05, 3.63) is 80.4 Å². The zero-order valence-electron chi connectivity index (χ0n) is 11.8. The van der Waals surface area contributed by atoms with Crippen molar-refractivity contribution in [3.8, 4) is 0 Å². The molecule has 0 radical (unpaired) electrons. The summed E-state index contributed by atoms with van der Waals surface area (Å²) in [5, 5.41) is 3.25. The maximum atomic E-state index is 13.3. The quantitative estimate of drug-likeness (QED) is 0.711. The third-order valence-electron chi connectivity index (χ3n) is 3.26. The van der Waals surface area contributed by atoms with Crippen molar-refractivity contribution in [3.63, 3.8) is 0 Å². The van der Waals surface area contributed by atoms with E-state index < -0.39 is 17.3 Å². The molecule has 0 atom stereocenters. The smallest absolute Gasteiger partial charge is 0.349 e. The van der Waals surface area contributed by atoms with Crippen LogP contribution in [0.2, 0.25) is 0 Å². The lowest BCUT2D eigenvalue weighted by Gasteiger charge is -2.06. The fourth-order valence-corrected chi connectivity index (χ4v) is 2.72. The summed E-state index contributed by atoms with van der Waals surface area (Å²) in [7, 11) is 0. The molecule has 1 heterocycles. The molecule has 23 heavy (non-hydrogen) atoms. The first-order valence-corrected chi connectivity index (χ1v) is 7.58. The highest BCUT2D eigenvalue weighted by Gasteiger charge is 2.13. The van der Waals surface area contributed by atoms with Crippen molar-refractivity contribution < 1.29 is 13.6 Å². The minimum Gasteiger partial charge on any atom is -0.422 e. The normalized spacial score (nSPS) is 10.7. The maximum Gasteiger partial charge on any atom is 0.349 e. The Kier molecular flexibility index (Phi) is 4.25. The number of nitrogens with one attached hydrogen (secondary N) is 1. The molecule has 2 aromatic carbocycles. The Labute approximate surface area is 139 Å². The van der Waals surface area contributed by atoms with Gasteiger partial charge in [-0.25, -0.2) is 9.18 Å². The van der Waals surface area contributed by atoms with Crippen LogP contribution in [0, 0.1) is 5.82 Å². The Balaban J connectivity index is 1.83. The number of rotatable bonds is 3. The summed E-state index contributed by atoms with van der Waals surface area (Å²) in [4.78, 5) is 24.1. The molecule has 6 heteroatoms. The molecular weight excluding hydrogens is 365 g/mol. The van der Waals surface area contributed by atoms with E-state index in [1.165, 1.54) is 18.2 Å². The van der Waals surface area contributed by atoms with E-state index in [0.717, 1.165) is 0 Å². The first-order chi connectivity index (χ1) is 11.0. The SMILES string of the molecule is O=C(NCc1cc(F)cc(Br)c1)c1cc2ccccc2oc1=O. The van der Waals surface area contributed by atoms with E-state index in [1.807, 2.05) is 0 Å². The van der Waals surface area contributed by atoms with Crippen LogP contribution in [-0.4, -0.2) is 5.91 Å². The molecular formula is C17H11BrFNO3. The highest BCUT2D eigenvalue weighted by Crippen LogP contribution is 2.15. The van der Waals surface area contributed by atoms with Crippen LogP contribution in [0.25, 0.3) is 11.0 Å². The van der Waals surface area contributed by atoms with E-state index in [-0.39, 0.29) is 12.1 Å². The highest BCUT2D eigenvalue weighted by atomic mass is 79.9. The second-order valence-electron chi connectivity index (χ2n) is 4.95. The Morgan fingerprint density at radius 3 is 2.74 bits per heavy atom. The van der Waals surface area contributed by atoms with Crippen LogP contribution < -0.4 is 10.9 Å². The zero-order valence-corrected chi connectivity index (χ0v) is 13.4. The summed E-state index contributed by atoms with van der Waals surface area (Å²) < 4.78 is 19.0. The number of hydrogen-bond donors (Lipinski definition) is 1. The molecule has 0 aliphatic rings. The summed E-state index contributed by atoms with van der Waals surface area (Å²) in [6, 6.07) is 12.7. The van der Waals surface area contributed by atoms with Crippen molar-refractivity contribution in [2.45, 2.75) is 6.54 Å². The van der Waals surface area contributed by atoms with E-state index >= 15 is 0 Å². The van der Waals surface area contributed by atoms with Crippen LogP contribution in [-0.2, 0) is 6.54 Å². The van der Waals surface area contributed by atoms with Gasteiger partial charge < -0.3 is 9.73 Å². The molecule has 3 rings (SSSR count). The van der Waals surface area contributed by atoms with Gasteiger partial charge in [0.1, 0.15) is 17.0 Å². The van der Waals surface area contributed by atoms with Gasteiger partial charge in [0, 0.05) is 16.4 Å². The van der Waals surface area contributed by atoms with E-state index in [2.05, 4.69) is 21.2 Å². The monoisotopic (exact) mass is 375 g/mol. The van der Waals surface area contributed by atoms with E-state index in [1.54, 1.807) is 30.3 Å². The molecule has 0 unspecified atom stereocenters. The third kappa shape index (κ3) is 3.48. The van der Waals surface area contributed by atoms with Crippen molar-refractivity contribution >= 4 is 32.8 Å². The van der Waals surface area contributed by atoms with Gasteiger partial charge in [-0.05, 0) is 35.9 Å². The Morgan fingerprint density at radius 1 is 1.17 bits per heavy atom. The topological polar surface area (TPSA) is 59.3 Å². The molecule has 116 valence electrons. The summed E-state index contributed by atoms with van der Waals surface area (Å²) in [6.07, 6.45) is 0. The van der Waals surface area contributed by atoms with E-state index in [9.17, 15) is 14.0 Å². The highest BCUT2D eigenvalue weighted by molar-refractivity contribution is 9.10. The molecule has 1 amide bonds. The largest absolute Gasteiger partial charge is 0.422 e. The molecule has 0 saturated carbocycles. The fourth-order valence-electron chi connectivity index (χ4n) is 2.21. The lowest BCUT2D eigenvalue weighted by atomic mass is 10.1. The average molecular weight is 376 g/mol. The number of fused-ring (bicyclic) bond motifs is 1. The van der Waals surface area contributed by atoms with Gasteiger partial charge >= 0.3 is 5.63 Å². The minimum absolute atomic E-state index is 0.0841. The third-order valence-corrected chi connectivity index (χ3v) is 3.72. The second-order valence-corrected chi connectivity index (χ2v) is 5.86. The first-order valence-electron chi connectivity index (χ1n) is 6.79. The molecule has 4 nitrogen and oxygen atoms in total. The van der Waals surface area contributed by atoms with Gasteiger partial charge in [-0.15, -0.1) is 0 Å². The predicted octanol–water partition coefficient (Wildman–Crippen LogP) is 3.62. The molecule has 1 aromatic heterocycles. The summed E-state index contributed by atoms with van der Waals surface area (Å²) >= 11 is 3.19. The van der Waals surface area contributed by atoms with Crippen LogP contribution in [0.1, 0.15) is 15.9 Å². The Morgan fingerprint density at radius 2 is 1.96 bits per heavy atom. The van der Waals surface area contributed by atoms with E-state index in [4.69, 9.17) is 4.42 Å². The van der Waals surface area contributed by atoms with Gasteiger partial charge in [0.15, 0.2) is 0 Å². The van der Waals surface area contributed by atoms with Crippen LogP contribution in [0.3, 0.4) is 0 Å². The molecule has 0 aliphatic heterocycles. The number of amides is 1. The zero-order chi connectivity index (χ0) is 16.4. The van der Waals surface area contributed by atoms with Gasteiger partial charge in [0.2, 0.25) is 0 Å². The number of carbonyl (C=O) groups excluding carboxylic acids is 1. The molecule has 1 N–H and O–H groups in total.